The molecule has 1 N–H and O–H groups in total. The topological polar surface area (TPSA) is 60.0 Å². The summed E-state index contributed by atoms with van der Waals surface area (Å²) < 4.78 is 31.0. The number of hydrogen-bond acceptors (Lipinski definition) is 5. The van der Waals surface area contributed by atoms with Gasteiger partial charge in [-0.3, -0.25) is 5.41 Å². The van der Waals surface area contributed by atoms with Gasteiger partial charge in [0.2, 0.25) is 6.19 Å². The van der Waals surface area contributed by atoms with Crippen LogP contribution in [0.2, 0.25) is 0 Å². The van der Waals surface area contributed by atoms with Crippen LogP contribution in [0.4, 0.5) is 8.78 Å². The molecule has 0 saturated carbocycles. The van der Waals surface area contributed by atoms with Crippen LogP contribution < -0.4 is 10.7 Å². The number of benzene rings is 4. The number of rotatable bonds is 2. The lowest BCUT2D eigenvalue weighted by atomic mass is 10.0. The lowest BCUT2D eigenvalue weighted by Gasteiger charge is -2.03. The van der Waals surface area contributed by atoms with Gasteiger partial charge in [-0.1, -0.05) is 48.5 Å². The summed E-state index contributed by atoms with van der Waals surface area (Å²) in [5.41, 5.74) is 3.66. The van der Waals surface area contributed by atoms with Gasteiger partial charge >= 0.3 is 0 Å². The van der Waals surface area contributed by atoms with E-state index in [-0.39, 0.29) is 11.6 Å². The first-order valence-corrected chi connectivity index (χ1v) is 14.1. The summed E-state index contributed by atoms with van der Waals surface area (Å²) in [6, 6.07) is 25.0. The average molecular weight is 556 g/mol. The average Bonchev–Trinajstić information content (AvgIpc) is 3.67. The van der Waals surface area contributed by atoms with Crippen molar-refractivity contribution in [2.45, 2.75) is 0 Å². The van der Waals surface area contributed by atoms with E-state index in [4.69, 9.17) is 5.41 Å². The van der Waals surface area contributed by atoms with Gasteiger partial charge in [0.05, 0.1) is 24.2 Å². The van der Waals surface area contributed by atoms with Crippen molar-refractivity contribution >= 4 is 73.8 Å². The predicted octanol–water partition coefficient (Wildman–Crippen LogP) is 8.92. The highest BCUT2D eigenvalue weighted by Crippen LogP contribution is 2.48. The Labute approximate surface area is 233 Å². The predicted molar refractivity (Wildman–Crippen MR) is 160 cm³/mol. The van der Waals surface area contributed by atoms with Crippen LogP contribution in [-0.2, 0) is 0 Å². The molecule has 0 atom stereocenters. The molecule has 0 fully saturated rings. The molecule has 8 rings (SSSR count). The molecule has 3 nitrogen and oxygen atoms in total. The Balaban J connectivity index is 1.39. The van der Waals surface area contributed by atoms with E-state index in [1.54, 1.807) is 46.9 Å². The van der Waals surface area contributed by atoms with E-state index in [1.165, 1.54) is 24.3 Å². The Morgan fingerprint density at radius 3 is 1.62 bits per heavy atom. The van der Waals surface area contributed by atoms with Gasteiger partial charge in [0.15, 0.2) is 0 Å². The van der Waals surface area contributed by atoms with Gasteiger partial charge < -0.3 is 0 Å². The van der Waals surface area contributed by atoms with Crippen LogP contribution in [0.5, 0.6) is 0 Å². The molecular formula is C33H15F2N3S2. The Hall–Kier alpha value is -4.77. The third kappa shape index (κ3) is 3.18. The van der Waals surface area contributed by atoms with Gasteiger partial charge in [-0.25, -0.2) is 8.78 Å². The van der Waals surface area contributed by atoms with Crippen LogP contribution in [0, 0.1) is 28.5 Å². The Morgan fingerprint density at radius 1 is 0.575 bits per heavy atom. The summed E-state index contributed by atoms with van der Waals surface area (Å²) in [6.45, 7) is 0. The summed E-state index contributed by atoms with van der Waals surface area (Å²) in [4.78, 5) is 4.24. The maximum absolute atomic E-state index is 13.5. The molecule has 0 spiro atoms. The van der Waals surface area contributed by atoms with E-state index in [0.717, 1.165) is 73.4 Å². The molecular weight excluding hydrogens is 541 g/mol. The van der Waals surface area contributed by atoms with Gasteiger partial charge in [0.1, 0.15) is 17.0 Å². The number of fused-ring (bicyclic) bond motifs is 9. The molecule has 2 aromatic heterocycles. The Bertz CT molecular complexity index is 2470. The number of halogens is 2. The van der Waals surface area contributed by atoms with Crippen molar-refractivity contribution in [2.24, 2.45) is 4.99 Å². The molecule has 7 heteroatoms. The van der Waals surface area contributed by atoms with E-state index in [1.807, 2.05) is 30.5 Å². The van der Waals surface area contributed by atoms with E-state index < -0.39 is 0 Å². The second kappa shape index (κ2) is 8.36. The molecule has 8 aromatic rings. The molecule has 0 unspecified atom stereocenters. The van der Waals surface area contributed by atoms with Crippen LogP contribution in [0.1, 0.15) is 0 Å². The van der Waals surface area contributed by atoms with Crippen LogP contribution >= 0.6 is 22.7 Å². The molecule has 188 valence electrons. The largest absolute Gasteiger partial charge is 0.299 e. The highest BCUT2D eigenvalue weighted by atomic mass is 32.1. The van der Waals surface area contributed by atoms with Crippen LogP contribution in [-0.4, -0.2) is 0 Å². The zero-order valence-electron chi connectivity index (χ0n) is 20.5. The fourth-order valence-electron chi connectivity index (χ4n) is 5.74. The maximum atomic E-state index is 13.5. The molecule has 6 aromatic carbocycles. The third-order valence-electron chi connectivity index (χ3n) is 7.58. The Morgan fingerprint density at radius 2 is 1.05 bits per heavy atom. The van der Waals surface area contributed by atoms with Crippen molar-refractivity contribution in [3.63, 3.8) is 0 Å². The minimum absolute atomic E-state index is 0.277. The SMILES string of the molecule is N#C/N=c1\c2cc(-c3ccc(F)cc3)ccc2c2c1sc1c2sc2c(=N)c3cc(-c4ccc(F)cc4)ccc3c21. The summed E-state index contributed by atoms with van der Waals surface area (Å²) in [5.74, 6) is -0.564. The third-order valence-corrected chi connectivity index (χ3v) is 10.2. The lowest BCUT2D eigenvalue weighted by Crippen LogP contribution is -1.96. The molecule has 0 radical (unpaired) electrons. The van der Waals surface area contributed by atoms with E-state index in [9.17, 15) is 14.0 Å². The summed E-state index contributed by atoms with van der Waals surface area (Å²) in [6.07, 6.45) is 1.99. The molecule has 0 aliphatic heterocycles. The molecule has 2 heterocycles. The number of nitrogens with one attached hydrogen (secondary N) is 1. The zero-order chi connectivity index (χ0) is 27.1. The number of nitriles is 1. The number of nitrogens with zero attached hydrogens (tertiary/aromatic N) is 2. The van der Waals surface area contributed by atoms with Crippen molar-refractivity contribution < 1.29 is 8.78 Å². The van der Waals surface area contributed by atoms with Gasteiger partial charge in [0.25, 0.3) is 0 Å². The molecule has 0 bridgehead atoms. The van der Waals surface area contributed by atoms with Gasteiger partial charge in [-0.15, -0.1) is 22.7 Å². The fraction of sp³-hybridized carbons (Fsp3) is 0. The first-order chi connectivity index (χ1) is 19.5. The quantitative estimate of drug-likeness (QED) is 0.213. The number of hydrogen-bond donors (Lipinski definition) is 1. The second-order valence-electron chi connectivity index (χ2n) is 9.74. The van der Waals surface area contributed by atoms with Crippen LogP contribution in [0.3, 0.4) is 0 Å². The lowest BCUT2D eigenvalue weighted by molar-refractivity contribution is 0.627. The van der Waals surface area contributed by atoms with Gasteiger partial charge in [0, 0.05) is 21.5 Å². The number of thiophene rings is 2. The first-order valence-electron chi connectivity index (χ1n) is 12.5. The van der Waals surface area contributed by atoms with Crippen molar-refractivity contribution in [3.8, 4) is 28.4 Å². The molecule has 40 heavy (non-hydrogen) atoms. The Kier molecular flexibility index (Phi) is 4.84. The molecule has 0 aliphatic carbocycles. The van der Waals surface area contributed by atoms with Crippen LogP contribution in [0.25, 0.3) is 73.4 Å². The first kappa shape index (κ1) is 23.1. The van der Waals surface area contributed by atoms with Gasteiger partial charge in [-0.2, -0.15) is 10.3 Å². The molecule has 0 aliphatic rings. The summed E-state index contributed by atoms with van der Waals surface area (Å²) in [7, 11) is 0. The van der Waals surface area contributed by atoms with E-state index in [0.29, 0.717) is 10.7 Å². The van der Waals surface area contributed by atoms with Gasteiger partial charge in [-0.05, 0) is 69.4 Å². The molecule has 0 saturated heterocycles. The zero-order valence-corrected chi connectivity index (χ0v) is 22.2. The van der Waals surface area contributed by atoms with E-state index >= 15 is 0 Å². The van der Waals surface area contributed by atoms with E-state index in [2.05, 4.69) is 17.1 Å². The fourth-order valence-corrected chi connectivity index (χ4v) is 8.64. The normalized spacial score (nSPS) is 12.5. The van der Waals surface area contributed by atoms with Crippen molar-refractivity contribution in [1.29, 1.82) is 10.7 Å². The highest BCUT2D eigenvalue weighted by Gasteiger charge is 2.22. The van der Waals surface area contributed by atoms with Crippen LogP contribution in [0.15, 0.2) is 89.9 Å². The molecule has 0 amide bonds. The smallest absolute Gasteiger partial charge is 0.206 e. The minimum Gasteiger partial charge on any atom is -0.299 e. The second-order valence-corrected chi connectivity index (χ2v) is 11.8. The minimum atomic E-state index is -0.286. The van der Waals surface area contributed by atoms with Crippen molar-refractivity contribution in [1.82, 2.24) is 0 Å². The van der Waals surface area contributed by atoms with Crippen molar-refractivity contribution in [3.05, 3.63) is 107 Å². The monoisotopic (exact) mass is 555 g/mol. The van der Waals surface area contributed by atoms with Crippen molar-refractivity contribution in [2.75, 3.05) is 0 Å². The highest BCUT2D eigenvalue weighted by molar-refractivity contribution is 7.37. The standard InChI is InChI=1S/C33H15F2N3S2/c34-20-7-1-16(2-8-20)18-5-11-22-24(13-18)28(37)30-26(22)32-33(39-30)27-23-12-6-19(17-3-9-21(35)10-4-17)14-25(23)29(38-15-36)31(27)40-32/h1-14,37H/b37-28?,38-29+. The summed E-state index contributed by atoms with van der Waals surface area (Å²) >= 11 is 3.22. The maximum Gasteiger partial charge on any atom is 0.206 e. The summed E-state index contributed by atoms with van der Waals surface area (Å²) in [5, 5.41) is 25.6.